The molecule has 342 valence electrons. The van der Waals surface area contributed by atoms with Crippen LogP contribution in [0.4, 0.5) is 4.79 Å². The number of fused-ring (bicyclic) bond motifs is 5. The van der Waals surface area contributed by atoms with E-state index in [1.165, 1.54) is 56.9 Å². The van der Waals surface area contributed by atoms with Crippen molar-refractivity contribution in [2.24, 2.45) is 62.8 Å². The number of nitrogens with one attached hydrogen (secondary N) is 3. The van der Waals surface area contributed by atoms with E-state index in [0.717, 1.165) is 80.5 Å². The molecule has 3 fully saturated rings. The fourth-order valence-electron chi connectivity index (χ4n) is 11.8. The van der Waals surface area contributed by atoms with E-state index in [4.69, 9.17) is 31.1 Å². The quantitative estimate of drug-likeness (QED) is 0.0198. The van der Waals surface area contributed by atoms with Crippen molar-refractivity contribution >= 4 is 29.5 Å². The van der Waals surface area contributed by atoms with Gasteiger partial charge in [0, 0.05) is 38.1 Å². The summed E-state index contributed by atoms with van der Waals surface area (Å²) in [4.78, 5) is 42.2. The average molecular weight is 841 g/mol. The second-order valence-corrected chi connectivity index (χ2v) is 20.3. The Morgan fingerprint density at radius 3 is 2.28 bits per heavy atom. The van der Waals surface area contributed by atoms with Crippen LogP contribution in [0.5, 0.6) is 0 Å². The molecule has 60 heavy (non-hydrogen) atoms. The topological polar surface area (TPSA) is 191 Å². The molecule has 4 aliphatic carbocycles. The molecule has 0 aromatic carbocycles. The van der Waals surface area contributed by atoms with Gasteiger partial charge in [-0.15, -0.1) is 0 Å². The number of ether oxygens (including phenoxy) is 3. The van der Waals surface area contributed by atoms with E-state index in [2.05, 4.69) is 56.3 Å². The number of nitrogens with two attached hydrogens (primary N) is 2. The highest BCUT2D eigenvalue weighted by atomic mass is 16.7. The second-order valence-electron chi connectivity index (χ2n) is 20.3. The lowest BCUT2D eigenvalue weighted by Crippen LogP contribution is -2.51. The zero-order valence-corrected chi connectivity index (χ0v) is 38.8. The zero-order valence-electron chi connectivity index (χ0n) is 38.8. The number of amides is 2. The Kier molecular flexibility index (Phi) is 19.0. The van der Waals surface area contributed by atoms with Crippen LogP contribution in [0.15, 0.2) is 16.6 Å². The number of carbonyl (C=O) groups excluding carboxylic acids is 3. The molecule has 4 aliphatic rings. The van der Waals surface area contributed by atoms with Crippen molar-refractivity contribution in [3.8, 4) is 0 Å². The lowest BCUT2D eigenvalue weighted by atomic mass is 9.47. The number of alkyl carbamates (subject to hydrolysis) is 1. The Morgan fingerprint density at radius 2 is 1.60 bits per heavy atom. The summed E-state index contributed by atoms with van der Waals surface area (Å²) in [5.74, 6) is 3.33. The van der Waals surface area contributed by atoms with Gasteiger partial charge in [-0.05, 0) is 131 Å². The first-order chi connectivity index (χ1) is 28.3. The van der Waals surface area contributed by atoms with Crippen LogP contribution in [0.2, 0.25) is 0 Å². The Balaban J connectivity index is 1.10. The molecule has 0 bridgehead atoms. The highest BCUT2D eigenvalue weighted by Gasteiger charge is 2.59. The Labute approximate surface area is 362 Å². The summed E-state index contributed by atoms with van der Waals surface area (Å²) in [6.45, 7) is 18.8. The van der Waals surface area contributed by atoms with Crippen molar-refractivity contribution in [3.63, 3.8) is 0 Å². The van der Waals surface area contributed by atoms with E-state index in [-0.39, 0.29) is 68.3 Å². The first kappa shape index (κ1) is 49.7. The first-order valence-electron chi connectivity index (χ1n) is 23.7. The third-order valence-corrected chi connectivity index (χ3v) is 15.0. The van der Waals surface area contributed by atoms with E-state index < -0.39 is 17.9 Å². The number of hydrogen-bond donors (Lipinski definition) is 5. The summed E-state index contributed by atoms with van der Waals surface area (Å²) in [7, 11) is 0. The molecule has 12 nitrogen and oxygen atoms in total. The number of hydrogen-bond acceptors (Lipinski definition) is 8. The van der Waals surface area contributed by atoms with Crippen LogP contribution in [-0.4, -0.2) is 73.7 Å². The third-order valence-electron chi connectivity index (χ3n) is 15.0. The molecule has 2 amide bonds. The van der Waals surface area contributed by atoms with Gasteiger partial charge in [0.05, 0.1) is 13.2 Å². The molecule has 0 heterocycles. The normalized spacial score (nSPS) is 28.4. The molecular weight excluding hydrogens is 757 g/mol. The minimum Gasteiger partial charge on any atom is -0.446 e. The predicted molar refractivity (Wildman–Crippen MR) is 241 cm³/mol. The van der Waals surface area contributed by atoms with Crippen LogP contribution in [0.25, 0.3) is 0 Å². The molecule has 4 rings (SSSR count). The predicted octanol–water partition coefficient (Wildman–Crippen LogP) is 8.99. The van der Waals surface area contributed by atoms with Gasteiger partial charge in [-0.2, -0.15) is 0 Å². The highest BCUT2D eigenvalue weighted by molar-refractivity contribution is 5.90. The van der Waals surface area contributed by atoms with Crippen molar-refractivity contribution < 1.29 is 28.6 Å². The number of Topliss-reactive ketones (excluding diaryl/α,β-unsaturated/α-hetero) is 1. The van der Waals surface area contributed by atoms with Crippen molar-refractivity contribution in [1.82, 2.24) is 10.6 Å². The van der Waals surface area contributed by atoms with Gasteiger partial charge in [-0.3, -0.25) is 9.59 Å². The molecule has 0 aromatic heterocycles. The maximum Gasteiger partial charge on any atom is 0.407 e. The van der Waals surface area contributed by atoms with Gasteiger partial charge < -0.3 is 41.7 Å². The molecular formula is C48H84N6O6. The maximum absolute atomic E-state index is 12.9. The number of aliphatic imine (C=N–C) groups is 1. The molecule has 0 saturated heterocycles. The zero-order chi connectivity index (χ0) is 44.1. The summed E-state index contributed by atoms with van der Waals surface area (Å²) in [6, 6.07) is -0.667. The summed E-state index contributed by atoms with van der Waals surface area (Å²) in [6.07, 6.45) is 19.5. The van der Waals surface area contributed by atoms with Crippen molar-refractivity contribution in [2.75, 3.05) is 26.3 Å². The lowest BCUT2D eigenvalue weighted by Gasteiger charge is -2.58. The molecule has 0 spiro atoms. The van der Waals surface area contributed by atoms with Crippen LogP contribution in [-0.2, 0) is 23.8 Å². The number of guanidine groups is 1. The van der Waals surface area contributed by atoms with Gasteiger partial charge in [0.25, 0.3) is 0 Å². The summed E-state index contributed by atoms with van der Waals surface area (Å²) in [5.41, 5.74) is 13.9. The van der Waals surface area contributed by atoms with Gasteiger partial charge in [0.2, 0.25) is 5.91 Å². The molecule has 0 aliphatic heterocycles. The number of ketones is 1. The van der Waals surface area contributed by atoms with Gasteiger partial charge in [0.15, 0.2) is 17.5 Å². The monoisotopic (exact) mass is 841 g/mol. The fraction of sp³-hybridized carbons (Fsp3) is 0.854. The fourth-order valence-corrected chi connectivity index (χ4v) is 11.8. The van der Waals surface area contributed by atoms with Crippen LogP contribution in [0.3, 0.4) is 0 Å². The van der Waals surface area contributed by atoms with E-state index >= 15 is 0 Å². The molecule has 3 saturated carbocycles. The van der Waals surface area contributed by atoms with Crippen molar-refractivity contribution in [3.05, 3.63) is 11.6 Å². The largest absolute Gasteiger partial charge is 0.446 e. The third kappa shape index (κ3) is 14.3. The maximum atomic E-state index is 12.9. The van der Waals surface area contributed by atoms with E-state index in [1.807, 2.05) is 0 Å². The SMILES string of the molecule is CC(=N)CCCCCC(N=C(N)N)C(=O)CCC(=O)NCCOC(C)(C)OCCNC(=O)OC1CCC2(C)C(=CCC3C2CCC2(C)C(C(C)CCCC(C)C)CCC32)C1. The first-order valence-corrected chi connectivity index (χ1v) is 23.7. The van der Waals surface area contributed by atoms with Crippen molar-refractivity contribution in [2.45, 2.75) is 189 Å². The smallest absolute Gasteiger partial charge is 0.407 e. The lowest BCUT2D eigenvalue weighted by molar-refractivity contribution is -0.211. The summed E-state index contributed by atoms with van der Waals surface area (Å²) in [5, 5.41) is 13.2. The van der Waals surface area contributed by atoms with Crippen LogP contribution >= 0.6 is 0 Å². The van der Waals surface area contributed by atoms with Gasteiger partial charge in [-0.1, -0.05) is 78.4 Å². The number of nitrogens with zero attached hydrogens (tertiary/aromatic N) is 1. The molecule has 9 unspecified atom stereocenters. The molecule has 7 N–H and O–H groups in total. The summed E-state index contributed by atoms with van der Waals surface area (Å²) >= 11 is 0. The van der Waals surface area contributed by atoms with E-state index in [1.54, 1.807) is 20.8 Å². The Bertz CT molecular complexity index is 1490. The average Bonchev–Trinajstić information content (AvgIpc) is 3.53. The van der Waals surface area contributed by atoms with Crippen LogP contribution < -0.4 is 22.1 Å². The number of allylic oxidation sites excluding steroid dienone is 1. The van der Waals surface area contributed by atoms with Gasteiger partial charge >= 0.3 is 6.09 Å². The molecule has 0 radical (unpaired) electrons. The Hall–Kier alpha value is -2.99. The second kappa shape index (κ2) is 22.9. The van der Waals surface area contributed by atoms with Crippen LogP contribution in [0, 0.1) is 51.7 Å². The van der Waals surface area contributed by atoms with Gasteiger partial charge in [0.1, 0.15) is 12.1 Å². The van der Waals surface area contributed by atoms with Gasteiger partial charge in [-0.25, -0.2) is 9.79 Å². The van der Waals surface area contributed by atoms with Crippen molar-refractivity contribution in [1.29, 1.82) is 5.41 Å². The Morgan fingerprint density at radius 1 is 0.883 bits per heavy atom. The summed E-state index contributed by atoms with van der Waals surface area (Å²) < 4.78 is 17.7. The minimum atomic E-state index is -0.933. The minimum absolute atomic E-state index is 0.0292. The van der Waals surface area contributed by atoms with Crippen LogP contribution in [0.1, 0.15) is 171 Å². The van der Waals surface area contributed by atoms with E-state index in [9.17, 15) is 14.4 Å². The number of carbonyl (C=O) groups is 3. The standard InChI is InChI=1S/C48H84N6O6/c1-32(2)13-12-14-33(3)38-19-20-39-37-18-17-35-31-36(23-25-47(35,7)40(37)24-26-48(38,39)8)60-45(57)53-28-30-59-46(5,6)58-29-27-52-43(56)22-21-42(55)41(54-44(50)51)16-11-9-10-15-34(4)49/h17,32-33,36-41,49H,9-16,18-31H2,1-8H3,(H,52,56)(H,53,57)(H4,50,51,54). The van der Waals surface area contributed by atoms with E-state index in [0.29, 0.717) is 17.5 Å². The number of rotatable bonds is 25. The number of unbranched alkanes of at least 4 members (excludes halogenated alkanes) is 2. The molecule has 9 atom stereocenters. The molecule has 0 aromatic rings. The highest BCUT2D eigenvalue weighted by Crippen LogP contribution is 2.67. The molecule has 12 heteroatoms.